The molecule has 0 aliphatic carbocycles. The third-order valence-electron chi connectivity index (χ3n) is 3.53. The molecule has 1 aliphatic rings. The Morgan fingerprint density at radius 1 is 1.40 bits per heavy atom. The van der Waals surface area contributed by atoms with Crippen LogP contribution in [0.4, 0.5) is 0 Å². The largest absolute Gasteiger partial charge is 0.469 e. The molecular weight excluding hydrogens is 260 g/mol. The summed E-state index contributed by atoms with van der Waals surface area (Å²) in [5.74, 6) is -0.264. The number of nitrogens with zero attached hydrogens (tertiary/aromatic N) is 2. The quantitative estimate of drug-likeness (QED) is 0.443. The molecule has 1 unspecified atom stereocenters. The van der Waals surface area contributed by atoms with Crippen molar-refractivity contribution >= 4 is 11.9 Å². The number of nitrogens with one attached hydrogen (secondary N) is 1. The van der Waals surface area contributed by atoms with Crippen LogP contribution in [0.15, 0.2) is 0 Å². The van der Waals surface area contributed by atoms with Crippen molar-refractivity contribution in [1.82, 2.24) is 15.1 Å². The first-order chi connectivity index (χ1) is 9.56. The second-order valence-electron chi connectivity index (χ2n) is 5.15. The van der Waals surface area contributed by atoms with Gasteiger partial charge in [-0.05, 0) is 13.5 Å². The number of piperazine rings is 1. The van der Waals surface area contributed by atoms with E-state index < -0.39 is 0 Å². The van der Waals surface area contributed by atoms with Crippen molar-refractivity contribution in [1.29, 1.82) is 0 Å². The van der Waals surface area contributed by atoms with Gasteiger partial charge in [0.05, 0.1) is 13.7 Å². The summed E-state index contributed by atoms with van der Waals surface area (Å²) in [5, 5.41) is 2.82. The van der Waals surface area contributed by atoms with E-state index in [1.165, 1.54) is 7.11 Å². The molecule has 1 saturated heterocycles. The number of hydrogen-bond donors (Lipinski definition) is 2. The molecule has 1 aliphatic heterocycles. The van der Waals surface area contributed by atoms with Crippen molar-refractivity contribution in [3.05, 3.63) is 0 Å². The molecule has 1 atom stereocenters. The number of methoxy groups -OCH3 is 1. The molecule has 20 heavy (non-hydrogen) atoms. The molecule has 0 aromatic rings. The van der Waals surface area contributed by atoms with Gasteiger partial charge in [0.1, 0.15) is 0 Å². The lowest BCUT2D eigenvalue weighted by Crippen LogP contribution is -2.56. The van der Waals surface area contributed by atoms with Crippen LogP contribution in [-0.2, 0) is 14.3 Å². The van der Waals surface area contributed by atoms with Gasteiger partial charge in [-0.25, -0.2) is 0 Å². The molecule has 1 rings (SSSR count). The number of nitrogens with two attached hydrogens (primary N) is 1. The van der Waals surface area contributed by atoms with Crippen LogP contribution in [0.1, 0.15) is 12.8 Å². The van der Waals surface area contributed by atoms with E-state index in [1.54, 1.807) is 0 Å². The summed E-state index contributed by atoms with van der Waals surface area (Å²) in [5.41, 5.74) is 5.75. The smallest absolute Gasteiger partial charge is 0.305 e. The summed E-state index contributed by atoms with van der Waals surface area (Å²) in [6.07, 6.45) is 0.929. The fraction of sp³-hybridized carbons (Fsp3) is 0.846. The van der Waals surface area contributed by atoms with Crippen LogP contribution in [0.3, 0.4) is 0 Å². The maximum absolute atomic E-state index is 11.8. The molecule has 7 heteroatoms. The molecule has 0 spiro atoms. The van der Waals surface area contributed by atoms with Crippen LogP contribution in [0.2, 0.25) is 0 Å². The first kappa shape index (κ1) is 16.9. The Morgan fingerprint density at radius 3 is 2.80 bits per heavy atom. The third kappa shape index (κ3) is 5.85. The van der Waals surface area contributed by atoms with Crippen LogP contribution >= 0.6 is 0 Å². The second kappa shape index (κ2) is 8.89. The Labute approximate surface area is 120 Å². The van der Waals surface area contributed by atoms with Crippen molar-refractivity contribution in [2.24, 2.45) is 5.73 Å². The lowest BCUT2D eigenvalue weighted by Gasteiger charge is -2.39. The molecule has 1 amide bonds. The third-order valence-corrected chi connectivity index (χ3v) is 3.53. The highest BCUT2D eigenvalue weighted by molar-refractivity contribution is 5.78. The molecule has 0 bridgehead atoms. The number of ether oxygens (including phenoxy) is 1. The molecule has 1 heterocycles. The zero-order valence-corrected chi connectivity index (χ0v) is 12.4. The summed E-state index contributed by atoms with van der Waals surface area (Å²) in [6.45, 7) is 4.12. The van der Waals surface area contributed by atoms with Crippen molar-refractivity contribution in [2.45, 2.75) is 18.9 Å². The van der Waals surface area contributed by atoms with E-state index in [0.29, 0.717) is 32.5 Å². The SMILES string of the molecule is COC(=O)CCCNC(=O)CN1CCN(C)CC1CN. The van der Waals surface area contributed by atoms with Gasteiger partial charge in [0, 0.05) is 45.2 Å². The molecule has 7 nitrogen and oxygen atoms in total. The van der Waals surface area contributed by atoms with Gasteiger partial charge in [0.2, 0.25) is 5.91 Å². The molecular formula is C13H26N4O3. The fourth-order valence-corrected chi connectivity index (χ4v) is 2.28. The van der Waals surface area contributed by atoms with Crippen LogP contribution in [-0.4, -0.2) is 81.1 Å². The van der Waals surface area contributed by atoms with E-state index >= 15 is 0 Å². The summed E-state index contributed by atoms with van der Waals surface area (Å²) in [4.78, 5) is 27.1. The minimum absolute atomic E-state index is 0.0159. The van der Waals surface area contributed by atoms with E-state index in [9.17, 15) is 9.59 Å². The van der Waals surface area contributed by atoms with Gasteiger partial charge >= 0.3 is 5.97 Å². The first-order valence-electron chi connectivity index (χ1n) is 7.03. The molecule has 0 aromatic carbocycles. The van der Waals surface area contributed by atoms with Gasteiger partial charge in [0.15, 0.2) is 0 Å². The fourth-order valence-electron chi connectivity index (χ4n) is 2.28. The number of hydrogen-bond acceptors (Lipinski definition) is 6. The number of likely N-dealkylation sites (N-methyl/N-ethyl adjacent to an activating group) is 1. The van der Waals surface area contributed by atoms with E-state index in [1.807, 2.05) is 0 Å². The maximum atomic E-state index is 11.8. The van der Waals surface area contributed by atoms with Crippen molar-refractivity contribution < 1.29 is 14.3 Å². The second-order valence-corrected chi connectivity index (χ2v) is 5.15. The molecule has 0 radical (unpaired) electrons. The average molecular weight is 286 g/mol. The summed E-state index contributed by atoms with van der Waals surface area (Å²) >= 11 is 0. The Hall–Kier alpha value is -1.18. The number of amides is 1. The minimum Gasteiger partial charge on any atom is -0.469 e. The van der Waals surface area contributed by atoms with Crippen LogP contribution in [0, 0.1) is 0 Å². The Kier molecular flexibility index (Phi) is 7.50. The topological polar surface area (TPSA) is 87.9 Å². The predicted octanol–water partition coefficient (Wildman–Crippen LogP) is -1.37. The van der Waals surface area contributed by atoms with E-state index in [4.69, 9.17) is 5.73 Å². The number of rotatable bonds is 7. The Morgan fingerprint density at radius 2 is 2.15 bits per heavy atom. The molecule has 0 aromatic heterocycles. The Balaban J connectivity index is 2.22. The molecule has 116 valence electrons. The first-order valence-corrected chi connectivity index (χ1v) is 7.03. The van der Waals surface area contributed by atoms with Gasteiger partial charge in [-0.1, -0.05) is 0 Å². The van der Waals surface area contributed by atoms with E-state index in [2.05, 4.69) is 26.9 Å². The number of carbonyl (C=O) groups excluding carboxylic acids is 2. The zero-order chi connectivity index (χ0) is 15.0. The van der Waals surface area contributed by atoms with E-state index in [-0.39, 0.29) is 17.9 Å². The molecule has 1 fully saturated rings. The standard InChI is InChI=1S/C13H26N4O3/c1-16-6-7-17(11(8-14)9-16)10-12(18)15-5-3-4-13(19)20-2/h11H,3-10,14H2,1-2H3,(H,15,18). The minimum atomic E-state index is -0.249. The highest BCUT2D eigenvalue weighted by Gasteiger charge is 2.25. The summed E-state index contributed by atoms with van der Waals surface area (Å²) < 4.78 is 4.54. The highest BCUT2D eigenvalue weighted by atomic mass is 16.5. The lowest BCUT2D eigenvalue weighted by atomic mass is 10.1. The monoisotopic (exact) mass is 286 g/mol. The Bertz CT molecular complexity index is 325. The van der Waals surface area contributed by atoms with Crippen LogP contribution in [0.5, 0.6) is 0 Å². The van der Waals surface area contributed by atoms with Gasteiger partial charge in [0.25, 0.3) is 0 Å². The number of carbonyl (C=O) groups is 2. The maximum Gasteiger partial charge on any atom is 0.305 e. The molecule has 0 saturated carbocycles. The van der Waals surface area contributed by atoms with E-state index in [0.717, 1.165) is 19.6 Å². The predicted molar refractivity (Wildman–Crippen MR) is 76.2 cm³/mol. The van der Waals surface area contributed by atoms with Gasteiger partial charge in [-0.3, -0.25) is 14.5 Å². The highest BCUT2D eigenvalue weighted by Crippen LogP contribution is 2.06. The van der Waals surface area contributed by atoms with Crippen molar-refractivity contribution in [3.63, 3.8) is 0 Å². The normalized spacial score (nSPS) is 20.6. The van der Waals surface area contributed by atoms with Crippen LogP contribution < -0.4 is 11.1 Å². The summed E-state index contributed by atoms with van der Waals surface area (Å²) in [6, 6.07) is 0.231. The average Bonchev–Trinajstić information content (AvgIpc) is 2.45. The van der Waals surface area contributed by atoms with Crippen molar-refractivity contribution in [3.8, 4) is 0 Å². The zero-order valence-electron chi connectivity index (χ0n) is 12.4. The van der Waals surface area contributed by atoms with Gasteiger partial charge < -0.3 is 20.7 Å². The summed E-state index contributed by atoms with van der Waals surface area (Å²) in [7, 11) is 3.42. The van der Waals surface area contributed by atoms with Gasteiger partial charge in [-0.15, -0.1) is 0 Å². The van der Waals surface area contributed by atoms with Crippen molar-refractivity contribution in [2.75, 3.05) is 53.4 Å². The number of esters is 1. The van der Waals surface area contributed by atoms with Gasteiger partial charge in [-0.2, -0.15) is 0 Å². The lowest BCUT2D eigenvalue weighted by molar-refractivity contribution is -0.140. The van der Waals surface area contributed by atoms with Crippen LogP contribution in [0.25, 0.3) is 0 Å². The molecule has 3 N–H and O–H groups in total.